The Labute approximate surface area is 92.1 Å². The third-order valence-electron chi connectivity index (χ3n) is 1.71. The summed E-state index contributed by atoms with van der Waals surface area (Å²) in [6.07, 6.45) is 0.225. The van der Waals surface area contributed by atoms with Crippen LogP contribution >= 0.6 is 0 Å². The van der Waals surface area contributed by atoms with Crippen molar-refractivity contribution in [3.8, 4) is 0 Å². The molecule has 1 amide bonds. The first-order valence-corrected chi connectivity index (χ1v) is 5.19. The molecule has 0 aromatic heterocycles. The third kappa shape index (κ3) is 9.69. The zero-order valence-corrected chi connectivity index (χ0v) is 10.4. The van der Waals surface area contributed by atoms with Gasteiger partial charge in [0.2, 0.25) is 5.91 Å². The van der Waals surface area contributed by atoms with Gasteiger partial charge in [0.05, 0.1) is 30.8 Å². The van der Waals surface area contributed by atoms with E-state index in [2.05, 4.69) is 0 Å². The van der Waals surface area contributed by atoms with Crippen LogP contribution in [-0.4, -0.2) is 30.3 Å². The minimum atomic E-state index is -0.507. The molecule has 0 bridgehead atoms. The fourth-order valence-electron chi connectivity index (χ4n) is 1.14. The van der Waals surface area contributed by atoms with Crippen LogP contribution in [0.25, 0.3) is 0 Å². The van der Waals surface area contributed by atoms with E-state index >= 15 is 0 Å². The molecule has 0 spiro atoms. The molecule has 0 aromatic rings. The summed E-state index contributed by atoms with van der Waals surface area (Å²) in [6, 6.07) is 0. The lowest BCUT2D eigenvalue weighted by Crippen LogP contribution is -2.33. The molecule has 0 heterocycles. The molecule has 0 radical (unpaired) electrons. The van der Waals surface area contributed by atoms with Gasteiger partial charge in [0, 0.05) is 0 Å². The molecule has 4 heteroatoms. The molecule has 0 aliphatic heterocycles. The van der Waals surface area contributed by atoms with Gasteiger partial charge < -0.3 is 15.2 Å². The van der Waals surface area contributed by atoms with Gasteiger partial charge in [0.15, 0.2) is 0 Å². The molecular weight excluding hydrogens is 194 g/mol. The maximum atomic E-state index is 10.7. The molecule has 0 aliphatic rings. The van der Waals surface area contributed by atoms with Crippen molar-refractivity contribution in [1.29, 1.82) is 0 Å². The molecule has 2 N–H and O–H groups in total. The molecule has 0 rings (SSSR count). The van der Waals surface area contributed by atoms with Crippen molar-refractivity contribution in [2.45, 2.75) is 52.2 Å². The molecule has 0 atom stereocenters. The van der Waals surface area contributed by atoms with E-state index in [9.17, 15) is 4.79 Å². The van der Waals surface area contributed by atoms with Gasteiger partial charge >= 0.3 is 0 Å². The number of carbonyl (C=O) groups is 1. The number of primary amides is 1. The number of amides is 1. The van der Waals surface area contributed by atoms with Crippen LogP contribution in [0.4, 0.5) is 0 Å². The lowest BCUT2D eigenvalue weighted by atomic mass is 10.1. The molecule has 0 aromatic carbocycles. The average Bonchev–Trinajstić information content (AvgIpc) is 1.93. The summed E-state index contributed by atoms with van der Waals surface area (Å²) < 4.78 is 11.0. The van der Waals surface area contributed by atoms with Gasteiger partial charge in [0.25, 0.3) is 0 Å². The van der Waals surface area contributed by atoms with Crippen LogP contribution in [0.15, 0.2) is 0 Å². The van der Waals surface area contributed by atoms with Crippen LogP contribution in [0.2, 0.25) is 0 Å². The highest BCUT2D eigenvalue weighted by Gasteiger charge is 2.21. The zero-order chi connectivity index (χ0) is 12.1. The van der Waals surface area contributed by atoms with Crippen molar-refractivity contribution in [2.24, 2.45) is 5.73 Å². The summed E-state index contributed by atoms with van der Waals surface area (Å²) in [5.41, 5.74) is 4.44. The molecule has 90 valence electrons. The van der Waals surface area contributed by atoms with Crippen molar-refractivity contribution >= 4 is 5.91 Å². The second-order valence-corrected chi connectivity index (χ2v) is 5.21. The van der Waals surface area contributed by atoms with E-state index in [4.69, 9.17) is 15.2 Å². The zero-order valence-electron chi connectivity index (χ0n) is 10.4. The van der Waals surface area contributed by atoms with Crippen molar-refractivity contribution in [1.82, 2.24) is 0 Å². The fourth-order valence-corrected chi connectivity index (χ4v) is 1.14. The number of rotatable bonds is 6. The van der Waals surface area contributed by atoms with Crippen LogP contribution in [-0.2, 0) is 14.3 Å². The van der Waals surface area contributed by atoms with Crippen molar-refractivity contribution in [3.05, 3.63) is 0 Å². The summed E-state index contributed by atoms with van der Waals surface area (Å²) in [6.45, 7) is 10.6. The Kier molecular flexibility index (Phi) is 5.24. The van der Waals surface area contributed by atoms with Gasteiger partial charge in [-0.1, -0.05) is 0 Å². The van der Waals surface area contributed by atoms with Gasteiger partial charge in [0.1, 0.15) is 0 Å². The highest BCUT2D eigenvalue weighted by atomic mass is 16.5. The van der Waals surface area contributed by atoms with Gasteiger partial charge in [-0.3, -0.25) is 4.79 Å². The SMILES string of the molecule is CC(C)(C)OCCOC(C)(C)CC(N)=O. The topological polar surface area (TPSA) is 61.6 Å². The van der Waals surface area contributed by atoms with Gasteiger partial charge in [-0.25, -0.2) is 0 Å². The Balaban J connectivity index is 3.71. The number of hydrogen-bond acceptors (Lipinski definition) is 3. The van der Waals surface area contributed by atoms with E-state index in [1.165, 1.54) is 0 Å². The first-order chi connectivity index (χ1) is 6.62. The largest absolute Gasteiger partial charge is 0.373 e. The minimum Gasteiger partial charge on any atom is -0.373 e. The highest BCUT2D eigenvalue weighted by Crippen LogP contribution is 2.14. The third-order valence-corrected chi connectivity index (χ3v) is 1.71. The Morgan fingerprint density at radius 2 is 1.53 bits per heavy atom. The van der Waals surface area contributed by atoms with Crippen LogP contribution < -0.4 is 5.73 Å². The lowest BCUT2D eigenvalue weighted by molar-refractivity contribution is -0.127. The van der Waals surface area contributed by atoms with Crippen LogP contribution in [0, 0.1) is 0 Å². The first kappa shape index (κ1) is 14.4. The summed E-state index contributed by atoms with van der Waals surface area (Å²) in [5.74, 6) is -0.350. The first-order valence-electron chi connectivity index (χ1n) is 5.19. The molecule has 0 saturated carbocycles. The second-order valence-electron chi connectivity index (χ2n) is 5.21. The summed E-state index contributed by atoms with van der Waals surface area (Å²) in [5, 5.41) is 0. The Hall–Kier alpha value is -0.610. The maximum Gasteiger partial charge on any atom is 0.220 e. The van der Waals surface area contributed by atoms with Gasteiger partial charge in [-0.05, 0) is 34.6 Å². The maximum absolute atomic E-state index is 10.7. The fraction of sp³-hybridized carbons (Fsp3) is 0.909. The molecule has 0 unspecified atom stereocenters. The number of ether oxygens (including phenoxy) is 2. The Bertz CT molecular complexity index is 206. The van der Waals surface area contributed by atoms with Gasteiger partial charge in [-0.15, -0.1) is 0 Å². The van der Waals surface area contributed by atoms with E-state index in [0.717, 1.165) is 0 Å². The Morgan fingerprint density at radius 3 is 1.93 bits per heavy atom. The molecule has 0 aliphatic carbocycles. The molecule has 4 nitrogen and oxygen atoms in total. The van der Waals surface area contributed by atoms with E-state index in [-0.39, 0.29) is 17.9 Å². The van der Waals surface area contributed by atoms with Crippen LogP contribution in [0.1, 0.15) is 41.0 Å². The van der Waals surface area contributed by atoms with Gasteiger partial charge in [-0.2, -0.15) is 0 Å². The minimum absolute atomic E-state index is 0.156. The van der Waals surface area contributed by atoms with E-state index in [0.29, 0.717) is 13.2 Å². The predicted molar refractivity (Wildman–Crippen MR) is 59.5 cm³/mol. The van der Waals surface area contributed by atoms with Crippen molar-refractivity contribution in [2.75, 3.05) is 13.2 Å². The number of hydrogen-bond donors (Lipinski definition) is 1. The smallest absolute Gasteiger partial charge is 0.220 e. The van der Waals surface area contributed by atoms with E-state index < -0.39 is 5.60 Å². The highest BCUT2D eigenvalue weighted by molar-refractivity contribution is 5.74. The normalized spacial score (nSPS) is 12.9. The summed E-state index contributed by atoms with van der Waals surface area (Å²) in [7, 11) is 0. The van der Waals surface area contributed by atoms with Crippen LogP contribution in [0.5, 0.6) is 0 Å². The monoisotopic (exact) mass is 217 g/mol. The molecular formula is C11H23NO3. The van der Waals surface area contributed by atoms with E-state index in [1.54, 1.807) is 0 Å². The Morgan fingerprint density at radius 1 is 1.07 bits per heavy atom. The van der Waals surface area contributed by atoms with Crippen molar-refractivity contribution in [3.63, 3.8) is 0 Å². The summed E-state index contributed by atoms with van der Waals surface area (Å²) >= 11 is 0. The average molecular weight is 217 g/mol. The lowest BCUT2D eigenvalue weighted by Gasteiger charge is -2.25. The quantitative estimate of drug-likeness (QED) is 0.685. The molecule has 15 heavy (non-hydrogen) atoms. The summed E-state index contributed by atoms with van der Waals surface area (Å²) in [4.78, 5) is 10.7. The van der Waals surface area contributed by atoms with Crippen molar-refractivity contribution < 1.29 is 14.3 Å². The van der Waals surface area contributed by atoms with Crippen LogP contribution in [0.3, 0.4) is 0 Å². The standard InChI is InChI=1S/C11H23NO3/c1-10(2,3)14-6-7-15-11(4,5)8-9(12)13/h6-8H2,1-5H3,(H2,12,13). The molecule has 0 saturated heterocycles. The number of nitrogens with two attached hydrogens (primary N) is 1. The second kappa shape index (κ2) is 5.47. The molecule has 0 fully saturated rings. The predicted octanol–water partition coefficient (Wildman–Crippen LogP) is 1.47. The number of carbonyl (C=O) groups excluding carboxylic acids is 1. The van der Waals surface area contributed by atoms with E-state index in [1.807, 2.05) is 34.6 Å².